The number of rotatable bonds is 2. The standard InChI is InChI=1S/C12H16N4O2/c1-7-4-8(5-17)18-12(7)16-3-2-9-10(13)14-6-15-11(9)16/h2-3,6-8,12,17H,4-5H2,1H3,(H2,13,14,15). The largest absolute Gasteiger partial charge is 0.394 e. The van der Waals surface area contributed by atoms with Crippen molar-refractivity contribution in [3.8, 4) is 0 Å². The number of nitrogens with zero attached hydrogens (tertiary/aromatic N) is 3. The number of nitrogens with two attached hydrogens (primary N) is 1. The van der Waals surface area contributed by atoms with Gasteiger partial charge in [-0.1, -0.05) is 6.92 Å². The van der Waals surface area contributed by atoms with Crippen molar-refractivity contribution >= 4 is 16.9 Å². The van der Waals surface area contributed by atoms with Crippen LogP contribution < -0.4 is 5.73 Å². The second-order valence-electron chi connectivity index (χ2n) is 4.76. The zero-order valence-corrected chi connectivity index (χ0v) is 10.2. The molecule has 0 aromatic carbocycles. The minimum absolute atomic E-state index is 0.0527. The van der Waals surface area contributed by atoms with E-state index in [2.05, 4.69) is 16.9 Å². The topological polar surface area (TPSA) is 86.2 Å². The first kappa shape index (κ1) is 11.4. The van der Waals surface area contributed by atoms with E-state index < -0.39 is 0 Å². The van der Waals surface area contributed by atoms with Gasteiger partial charge in [0.1, 0.15) is 24.0 Å². The molecule has 0 aliphatic carbocycles. The Bertz CT molecular complexity index is 568. The van der Waals surface area contributed by atoms with Crippen molar-refractivity contribution in [2.45, 2.75) is 25.7 Å². The molecule has 6 nitrogen and oxygen atoms in total. The number of ether oxygens (including phenoxy) is 1. The highest BCUT2D eigenvalue weighted by Crippen LogP contribution is 2.36. The van der Waals surface area contributed by atoms with Gasteiger partial charge in [-0.25, -0.2) is 9.97 Å². The molecule has 2 aromatic rings. The molecule has 1 saturated heterocycles. The maximum atomic E-state index is 9.18. The zero-order chi connectivity index (χ0) is 12.7. The number of aromatic nitrogens is 3. The van der Waals surface area contributed by atoms with Gasteiger partial charge in [0, 0.05) is 12.1 Å². The van der Waals surface area contributed by atoms with Gasteiger partial charge in [-0.05, 0) is 12.5 Å². The molecule has 3 heterocycles. The molecule has 1 fully saturated rings. The fraction of sp³-hybridized carbons (Fsp3) is 0.500. The van der Waals surface area contributed by atoms with Crippen LogP contribution in [-0.4, -0.2) is 32.4 Å². The summed E-state index contributed by atoms with van der Waals surface area (Å²) in [6.45, 7) is 2.16. The molecule has 18 heavy (non-hydrogen) atoms. The van der Waals surface area contributed by atoms with Crippen molar-refractivity contribution in [2.75, 3.05) is 12.3 Å². The number of hydrogen-bond acceptors (Lipinski definition) is 5. The lowest BCUT2D eigenvalue weighted by Crippen LogP contribution is -2.15. The Balaban J connectivity index is 2.02. The highest BCUT2D eigenvalue weighted by atomic mass is 16.5. The van der Waals surface area contributed by atoms with E-state index in [0.29, 0.717) is 11.7 Å². The molecule has 3 atom stereocenters. The summed E-state index contributed by atoms with van der Waals surface area (Å²) in [6.07, 6.45) is 4.02. The molecular weight excluding hydrogens is 232 g/mol. The molecule has 3 rings (SSSR count). The Morgan fingerprint density at radius 3 is 3.11 bits per heavy atom. The van der Waals surface area contributed by atoms with E-state index in [1.54, 1.807) is 0 Å². The first-order valence-electron chi connectivity index (χ1n) is 6.04. The van der Waals surface area contributed by atoms with Gasteiger partial charge in [0.2, 0.25) is 0 Å². The molecule has 1 aliphatic rings. The van der Waals surface area contributed by atoms with E-state index in [1.807, 2.05) is 16.8 Å². The lowest BCUT2D eigenvalue weighted by atomic mass is 10.1. The van der Waals surface area contributed by atoms with E-state index in [4.69, 9.17) is 10.5 Å². The summed E-state index contributed by atoms with van der Waals surface area (Å²) in [5.74, 6) is 0.803. The van der Waals surface area contributed by atoms with Crippen LogP contribution in [-0.2, 0) is 4.74 Å². The smallest absolute Gasteiger partial charge is 0.147 e. The third-order valence-electron chi connectivity index (χ3n) is 3.47. The van der Waals surface area contributed by atoms with Gasteiger partial charge in [-0.3, -0.25) is 0 Å². The number of aliphatic hydroxyl groups is 1. The van der Waals surface area contributed by atoms with E-state index in [0.717, 1.165) is 17.5 Å². The highest BCUT2D eigenvalue weighted by molar-refractivity contribution is 5.86. The van der Waals surface area contributed by atoms with Gasteiger partial charge in [-0.2, -0.15) is 0 Å². The van der Waals surface area contributed by atoms with Gasteiger partial charge in [0.15, 0.2) is 0 Å². The van der Waals surface area contributed by atoms with Crippen LogP contribution in [0.5, 0.6) is 0 Å². The van der Waals surface area contributed by atoms with Gasteiger partial charge < -0.3 is 20.1 Å². The van der Waals surface area contributed by atoms with Crippen LogP contribution in [0.1, 0.15) is 19.6 Å². The summed E-state index contributed by atoms with van der Waals surface area (Å²) in [7, 11) is 0. The van der Waals surface area contributed by atoms with Crippen molar-refractivity contribution < 1.29 is 9.84 Å². The summed E-state index contributed by atoms with van der Waals surface area (Å²) in [6, 6.07) is 1.90. The lowest BCUT2D eigenvalue weighted by Gasteiger charge is -2.18. The average molecular weight is 248 g/mol. The van der Waals surface area contributed by atoms with E-state index >= 15 is 0 Å². The third-order valence-corrected chi connectivity index (χ3v) is 3.47. The number of anilines is 1. The van der Waals surface area contributed by atoms with Crippen LogP contribution in [0.4, 0.5) is 5.82 Å². The van der Waals surface area contributed by atoms with Crippen molar-refractivity contribution in [1.82, 2.24) is 14.5 Å². The van der Waals surface area contributed by atoms with Crippen molar-refractivity contribution in [1.29, 1.82) is 0 Å². The van der Waals surface area contributed by atoms with Crippen LogP contribution >= 0.6 is 0 Å². The van der Waals surface area contributed by atoms with E-state index in [-0.39, 0.29) is 18.9 Å². The molecule has 2 aromatic heterocycles. The van der Waals surface area contributed by atoms with Gasteiger partial charge >= 0.3 is 0 Å². The van der Waals surface area contributed by atoms with Crippen LogP contribution in [0.25, 0.3) is 11.0 Å². The van der Waals surface area contributed by atoms with Crippen LogP contribution in [0.2, 0.25) is 0 Å². The number of nitrogen functional groups attached to an aromatic ring is 1. The molecule has 0 spiro atoms. The maximum Gasteiger partial charge on any atom is 0.147 e. The van der Waals surface area contributed by atoms with Crippen molar-refractivity contribution in [2.24, 2.45) is 5.92 Å². The zero-order valence-electron chi connectivity index (χ0n) is 10.2. The quantitative estimate of drug-likeness (QED) is 0.825. The van der Waals surface area contributed by atoms with Crippen molar-refractivity contribution in [3.05, 3.63) is 18.6 Å². The molecule has 0 radical (unpaired) electrons. The first-order valence-corrected chi connectivity index (χ1v) is 6.04. The predicted octanol–water partition coefficient (Wildman–Crippen LogP) is 0.929. The molecule has 3 N–H and O–H groups in total. The minimum Gasteiger partial charge on any atom is -0.394 e. The minimum atomic E-state index is -0.103. The Morgan fingerprint density at radius 1 is 1.56 bits per heavy atom. The summed E-state index contributed by atoms with van der Waals surface area (Å²) < 4.78 is 7.79. The second kappa shape index (κ2) is 4.22. The van der Waals surface area contributed by atoms with E-state index in [1.165, 1.54) is 6.33 Å². The van der Waals surface area contributed by atoms with Gasteiger partial charge in [-0.15, -0.1) is 0 Å². The highest BCUT2D eigenvalue weighted by Gasteiger charge is 2.33. The number of fused-ring (bicyclic) bond motifs is 1. The Hall–Kier alpha value is -1.66. The van der Waals surface area contributed by atoms with Crippen LogP contribution in [0.15, 0.2) is 18.6 Å². The fourth-order valence-corrected chi connectivity index (χ4v) is 2.57. The summed E-state index contributed by atoms with van der Waals surface area (Å²) >= 11 is 0. The van der Waals surface area contributed by atoms with Crippen molar-refractivity contribution in [3.63, 3.8) is 0 Å². The summed E-state index contributed by atoms with van der Waals surface area (Å²) in [5.41, 5.74) is 6.59. The molecule has 6 heteroatoms. The fourth-order valence-electron chi connectivity index (χ4n) is 2.57. The van der Waals surface area contributed by atoms with Crippen LogP contribution in [0.3, 0.4) is 0 Å². The maximum absolute atomic E-state index is 9.18. The Kier molecular flexibility index (Phi) is 2.68. The first-order chi connectivity index (χ1) is 8.70. The molecule has 0 amide bonds. The summed E-state index contributed by atoms with van der Waals surface area (Å²) in [4.78, 5) is 8.23. The average Bonchev–Trinajstić information content (AvgIpc) is 2.93. The Labute approximate surface area is 104 Å². The molecule has 1 aliphatic heterocycles. The van der Waals surface area contributed by atoms with Crippen LogP contribution in [0, 0.1) is 5.92 Å². The molecule has 0 bridgehead atoms. The molecule has 3 unspecified atom stereocenters. The lowest BCUT2D eigenvalue weighted by molar-refractivity contribution is -0.0291. The predicted molar refractivity (Wildman–Crippen MR) is 66.7 cm³/mol. The number of aliphatic hydroxyl groups excluding tert-OH is 1. The normalized spacial score (nSPS) is 28.0. The third kappa shape index (κ3) is 1.65. The molecule has 96 valence electrons. The second-order valence-corrected chi connectivity index (χ2v) is 4.76. The molecular formula is C12H16N4O2. The van der Waals surface area contributed by atoms with Gasteiger partial charge in [0.25, 0.3) is 0 Å². The number of hydrogen-bond donors (Lipinski definition) is 2. The monoisotopic (exact) mass is 248 g/mol. The van der Waals surface area contributed by atoms with Gasteiger partial charge in [0.05, 0.1) is 18.1 Å². The SMILES string of the molecule is CC1CC(CO)OC1n1ccc2c(N)ncnc21. The van der Waals surface area contributed by atoms with E-state index in [9.17, 15) is 5.11 Å². The Morgan fingerprint density at radius 2 is 2.39 bits per heavy atom. The molecule has 0 saturated carbocycles. The summed E-state index contributed by atoms with van der Waals surface area (Å²) in [5, 5.41) is 10.0.